The van der Waals surface area contributed by atoms with Gasteiger partial charge in [0, 0.05) is 11.0 Å². The average molecular weight is 360 g/mol. The highest BCUT2D eigenvalue weighted by Gasteiger charge is 2.52. The number of urea groups is 1. The monoisotopic (exact) mass is 358 g/mol. The topological polar surface area (TPSA) is 60.9 Å². The molecule has 1 N–H and O–H groups in total. The highest BCUT2D eigenvalue weighted by atomic mass is 79.9. The number of hydrogen-bond acceptors (Lipinski definition) is 3. The Balaban J connectivity index is 2.06. The summed E-state index contributed by atoms with van der Waals surface area (Å²) in [5, 5.41) is 10.3. The number of carbonyl (C=O) groups excluding carboxylic acids is 2. The van der Waals surface area contributed by atoms with Gasteiger partial charge < -0.3 is 10.0 Å². The second kappa shape index (κ2) is 4.72. The molecule has 2 aliphatic heterocycles. The molecule has 3 amide bonds. The third-order valence-corrected chi connectivity index (χ3v) is 5.20. The van der Waals surface area contributed by atoms with Crippen LogP contribution in [0.5, 0.6) is 0 Å². The lowest BCUT2D eigenvalue weighted by atomic mass is 10.1. The van der Waals surface area contributed by atoms with Crippen LogP contribution in [0.4, 0.5) is 10.5 Å². The second-order valence-corrected chi connectivity index (χ2v) is 6.19. The minimum Gasteiger partial charge on any atom is -0.390 e. The van der Waals surface area contributed by atoms with Gasteiger partial charge in [0.2, 0.25) is 0 Å². The summed E-state index contributed by atoms with van der Waals surface area (Å²) >= 11 is 9.45. The average Bonchev–Trinajstić information content (AvgIpc) is 2.90. The molecule has 3 rings (SSSR count). The van der Waals surface area contributed by atoms with Crippen molar-refractivity contribution >= 4 is 45.2 Å². The van der Waals surface area contributed by atoms with Gasteiger partial charge in [-0.2, -0.15) is 0 Å². The number of fused-ring (bicyclic) bond motifs is 1. The van der Waals surface area contributed by atoms with E-state index in [1.54, 1.807) is 19.1 Å². The number of carbonyl (C=O) groups is 2. The Morgan fingerprint density at radius 2 is 2.10 bits per heavy atom. The summed E-state index contributed by atoms with van der Waals surface area (Å²) in [6.45, 7) is 2.15. The van der Waals surface area contributed by atoms with Crippen molar-refractivity contribution in [3.63, 3.8) is 0 Å². The zero-order valence-electron chi connectivity index (χ0n) is 10.6. The number of imide groups is 1. The molecule has 2 fully saturated rings. The maximum absolute atomic E-state index is 12.4. The maximum Gasteiger partial charge on any atom is 0.332 e. The van der Waals surface area contributed by atoms with Crippen molar-refractivity contribution in [1.82, 2.24) is 4.90 Å². The van der Waals surface area contributed by atoms with Gasteiger partial charge in [-0.05, 0) is 47.0 Å². The SMILES string of the molecule is Cc1c(N2C(=O)C3[C@H](O)CCN3C2=O)ccc(Br)c1Cl. The Kier molecular flexibility index (Phi) is 3.27. The molecule has 1 aromatic carbocycles. The molecule has 0 radical (unpaired) electrons. The normalized spacial score (nSPS) is 25.6. The number of amides is 3. The van der Waals surface area contributed by atoms with Crippen LogP contribution in [0.25, 0.3) is 0 Å². The molecule has 1 aromatic rings. The Labute approximate surface area is 129 Å². The molecule has 2 heterocycles. The minimum atomic E-state index is -0.789. The van der Waals surface area contributed by atoms with E-state index in [4.69, 9.17) is 11.6 Å². The molecule has 2 saturated heterocycles. The van der Waals surface area contributed by atoms with Crippen molar-refractivity contribution < 1.29 is 14.7 Å². The first-order valence-corrected chi connectivity index (χ1v) is 7.38. The van der Waals surface area contributed by atoms with Crippen LogP contribution in [0, 0.1) is 6.92 Å². The molecular weight excluding hydrogens is 348 g/mol. The summed E-state index contributed by atoms with van der Waals surface area (Å²) in [6.07, 6.45) is -0.349. The molecule has 7 heteroatoms. The third kappa shape index (κ3) is 1.78. The van der Waals surface area contributed by atoms with Gasteiger partial charge >= 0.3 is 6.03 Å². The van der Waals surface area contributed by atoms with E-state index >= 15 is 0 Å². The zero-order valence-corrected chi connectivity index (χ0v) is 13.0. The number of rotatable bonds is 1. The fraction of sp³-hybridized carbons (Fsp3) is 0.385. The first-order valence-electron chi connectivity index (χ1n) is 6.20. The first-order chi connectivity index (χ1) is 9.43. The summed E-state index contributed by atoms with van der Waals surface area (Å²) in [7, 11) is 0. The lowest BCUT2D eigenvalue weighted by Gasteiger charge is -2.19. The van der Waals surface area contributed by atoms with E-state index in [0.717, 1.165) is 4.90 Å². The number of halogens is 2. The van der Waals surface area contributed by atoms with Gasteiger partial charge in [-0.25, -0.2) is 9.69 Å². The Bertz CT molecular complexity index is 622. The summed E-state index contributed by atoms with van der Waals surface area (Å²) in [4.78, 5) is 27.3. The van der Waals surface area contributed by atoms with Crippen LogP contribution in [0.1, 0.15) is 12.0 Å². The number of anilines is 1. The zero-order chi connectivity index (χ0) is 14.6. The molecule has 5 nitrogen and oxygen atoms in total. The molecule has 2 aliphatic rings. The number of benzene rings is 1. The lowest BCUT2D eigenvalue weighted by molar-refractivity contribution is -0.121. The van der Waals surface area contributed by atoms with Gasteiger partial charge in [-0.1, -0.05) is 11.6 Å². The summed E-state index contributed by atoms with van der Waals surface area (Å²) < 4.78 is 0.708. The predicted molar refractivity (Wildman–Crippen MR) is 77.9 cm³/mol. The lowest BCUT2D eigenvalue weighted by Crippen LogP contribution is -2.36. The number of nitrogens with zero attached hydrogens (tertiary/aromatic N) is 2. The van der Waals surface area contributed by atoms with E-state index in [-0.39, 0.29) is 5.91 Å². The molecule has 0 saturated carbocycles. The van der Waals surface area contributed by atoms with Gasteiger partial charge in [0.1, 0.15) is 6.04 Å². The standard InChI is InChI=1S/C13H12BrClN2O3/c1-6-8(3-2-7(14)10(6)15)17-12(19)11-9(18)4-5-16(11)13(17)20/h2-3,9,11,18H,4-5H2,1H3/t9-,11?/m1/s1. The van der Waals surface area contributed by atoms with E-state index in [0.29, 0.717) is 33.7 Å². The van der Waals surface area contributed by atoms with E-state index in [1.807, 2.05) is 0 Å². The molecule has 20 heavy (non-hydrogen) atoms. The van der Waals surface area contributed by atoms with Crippen LogP contribution < -0.4 is 4.90 Å². The Morgan fingerprint density at radius 3 is 2.75 bits per heavy atom. The molecular formula is C13H12BrClN2O3. The van der Waals surface area contributed by atoms with Gasteiger partial charge in [-0.3, -0.25) is 4.79 Å². The fourth-order valence-electron chi connectivity index (χ4n) is 2.75. The van der Waals surface area contributed by atoms with Crippen LogP contribution in [0.3, 0.4) is 0 Å². The van der Waals surface area contributed by atoms with E-state index < -0.39 is 18.2 Å². The van der Waals surface area contributed by atoms with Gasteiger partial charge in [0.05, 0.1) is 16.8 Å². The number of aliphatic hydroxyl groups excluding tert-OH is 1. The highest BCUT2D eigenvalue weighted by Crippen LogP contribution is 2.37. The second-order valence-electron chi connectivity index (χ2n) is 4.96. The van der Waals surface area contributed by atoms with Gasteiger partial charge in [-0.15, -0.1) is 0 Å². The Morgan fingerprint density at radius 1 is 1.40 bits per heavy atom. The van der Waals surface area contributed by atoms with Crippen LogP contribution in [-0.4, -0.2) is 40.6 Å². The maximum atomic E-state index is 12.4. The minimum absolute atomic E-state index is 0.388. The van der Waals surface area contributed by atoms with Crippen LogP contribution in [0.15, 0.2) is 16.6 Å². The fourth-order valence-corrected chi connectivity index (χ4v) is 3.34. The molecule has 0 aromatic heterocycles. The van der Waals surface area contributed by atoms with Crippen molar-refractivity contribution in [2.24, 2.45) is 0 Å². The predicted octanol–water partition coefficient (Wildman–Crippen LogP) is 2.31. The van der Waals surface area contributed by atoms with E-state index in [2.05, 4.69) is 15.9 Å². The molecule has 106 valence electrons. The molecule has 2 atom stereocenters. The summed E-state index contributed by atoms with van der Waals surface area (Å²) in [6, 6.07) is 2.23. The van der Waals surface area contributed by atoms with Crippen LogP contribution >= 0.6 is 27.5 Å². The van der Waals surface area contributed by atoms with Crippen molar-refractivity contribution in [3.8, 4) is 0 Å². The van der Waals surface area contributed by atoms with Crippen molar-refractivity contribution in [1.29, 1.82) is 0 Å². The summed E-state index contributed by atoms with van der Waals surface area (Å²) in [5.74, 6) is -0.388. The molecule has 1 unspecified atom stereocenters. The quantitative estimate of drug-likeness (QED) is 0.783. The largest absolute Gasteiger partial charge is 0.390 e. The summed E-state index contributed by atoms with van der Waals surface area (Å²) in [5.41, 5.74) is 1.12. The van der Waals surface area contributed by atoms with Crippen LogP contribution in [-0.2, 0) is 4.79 Å². The van der Waals surface area contributed by atoms with Crippen molar-refractivity contribution in [3.05, 3.63) is 27.2 Å². The number of hydrogen-bond donors (Lipinski definition) is 1. The number of aliphatic hydroxyl groups is 1. The van der Waals surface area contributed by atoms with Crippen LogP contribution in [0.2, 0.25) is 5.02 Å². The molecule has 0 aliphatic carbocycles. The first kappa shape index (κ1) is 13.9. The molecule has 0 bridgehead atoms. The van der Waals surface area contributed by atoms with Crippen molar-refractivity contribution in [2.45, 2.75) is 25.5 Å². The smallest absolute Gasteiger partial charge is 0.332 e. The highest BCUT2D eigenvalue weighted by molar-refractivity contribution is 9.10. The Hall–Kier alpha value is -1.11. The third-order valence-electron chi connectivity index (χ3n) is 3.83. The van der Waals surface area contributed by atoms with Gasteiger partial charge in [0.25, 0.3) is 5.91 Å². The van der Waals surface area contributed by atoms with Crippen molar-refractivity contribution in [2.75, 3.05) is 11.4 Å². The molecule has 0 spiro atoms. The van der Waals surface area contributed by atoms with E-state index in [1.165, 1.54) is 4.90 Å². The van der Waals surface area contributed by atoms with E-state index in [9.17, 15) is 14.7 Å². The van der Waals surface area contributed by atoms with Gasteiger partial charge in [0.15, 0.2) is 0 Å².